The molecule has 172 valence electrons. The lowest BCUT2D eigenvalue weighted by atomic mass is 10.2. The van der Waals surface area contributed by atoms with Gasteiger partial charge in [0.05, 0.1) is 42.8 Å². The zero-order valence-corrected chi connectivity index (χ0v) is 18.4. The van der Waals surface area contributed by atoms with Gasteiger partial charge < -0.3 is 14.1 Å². The summed E-state index contributed by atoms with van der Waals surface area (Å²) in [5.41, 5.74) is 0.466. The first-order valence-corrected chi connectivity index (χ1v) is 11.1. The van der Waals surface area contributed by atoms with E-state index in [0.29, 0.717) is 30.2 Å². The van der Waals surface area contributed by atoms with E-state index < -0.39 is 11.9 Å². The number of thiazole rings is 1. The van der Waals surface area contributed by atoms with Crippen LogP contribution >= 0.6 is 11.3 Å². The Kier molecular flexibility index (Phi) is 5.62. The predicted molar refractivity (Wildman–Crippen MR) is 115 cm³/mol. The molecule has 0 unspecified atom stereocenters. The second-order valence-electron chi connectivity index (χ2n) is 7.50. The van der Waals surface area contributed by atoms with Gasteiger partial charge in [-0.1, -0.05) is 18.2 Å². The van der Waals surface area contributed by atoms with Crippen LogP contribution in [0, 0.1) is 6.92 Å². The highest BCUT2D eigenvalue weighted by molar-refractivity contribution is 7.13. The van der Waals surface area contributed by atoms with Crippen LogP contribution in [-0.4, -0.2) is 51.3 Å². The number of halogens is 3. The van der Waals surface area contributed by atoms with Crippen molar-refractivity contribution in [2.24, 2.45) is 0 Å². The van der Waals surface area contributed by atoms with Crippen molar-refractivity contribution in [3.05, 3.63) is 58.7 Å². The first-order valence-electron chi connectivity index (χ1n) is 10.2. The van der Waals surface area contributed by atoms with Crippen LogP contribution in [0.3, 0.4) is 0 Å². The fourth-order valence-corrected chi connectivity index (χ4v) is 4.51. The minimum Gasteiger partial charge on any atom is -0.420 e. The number of benzene rings is 1. The highest BCUT2D eigenvalue weighted by Gasteiger charge is 2.40. The van der Waals surface area contributed by atoms with Crippen LogP contribution in [0.4, 0.5) is 18.3 Å². The average molecular weight is 476 g/mol. The summed E-state index contributed by atoms with van der Waals surface area (Å²) in [5.74, 6) is -0.0543. The molecule has 0 atom stereocenters. The molecule has 5 rings (SSSR count). The second kappa shape index (κ2) is 8.60. The lowest BCUT2D eigenvalue weighted by Crippen LogP contribution is -2.36. The number of aromatic nitrogens is 5. The number of ether oxygens (including phenoxy) is 1. The number of rotatable bonds is 5. The zero-order chi connectivity index (χ0) is 23.0. The Labute approximate surface area is 190 Å². The lowest BCUT2D eigenvalue weighted by molar-refractivity contribution is -0.142. The van der Waals surface area contributed by atoms with Crippen molar-refractivity contribution in [3.63, 3.8) is 0 Å². The maximum absolute atomic E-state index is 14.0. The highest BCUT2D eigenvalue weighted by Crippen LogP contribution is 2.38. The van der Waals surface area contributed by atoms with Crippen LogP contribution in [0.5, 0.6) is 0 Å². The summed E-state index contributed by atoms with van der Waals surface area (Å²) in [5, 5.41) is 14.5. The van der Waals surface area contributed by atoms with Gasteiger partial charge >= 0.3 is 6.18 Å². The Morgan fingerprint density at radius 3 is 2.67 bits per heavy atom. The topological polar surface area (TPSA) is 82.1 Å². The second-order valence-corrected chi connectivity index (χ2v) is 8.34. The van der Waals surface area contributed by atoms with Crippen LogP contribution < -0.4 is 4.90 Å². The summed E-state index contributed by atoms with van der Waals surface area (Å²) in [6.07, 6.45) is -3.35. The number of para-hydroxylation sites is 1. The zero-order valence-electron chi connectivity index (χ0n) is 17.5. The van der Waals surface area contributed by atoms with Gasteiger partial charge in [-0.05, 0) is 18.6 Å². The average Bonchev–Trinajstić information content (AvgIpc) is 3.54. The van der Waals surface area contributed by atoms with Gasteiger partial charge in [0.25, 0.3) is 5.89 Å². The van der Waals surface area contributed by atoms with Crippen LogP contribution in [0.2, 0.25) is 0 Å². The molecule has 4 heterocycles. The van der Waals surface area contributed by atoms with E-state index in [2.05, 4.69) is 25.2 Å². The van der Waals surface area contributed by atoms with E-state index in [0.717, 1.165) is 29.1 Å². The highest BCUT2D eigenvalue weighted by atomic mass is 32.1. The monoisotopic (exact) mass is 476 g/mol. The minimum atomic E-state index is -4.68. The van der Waals surface area contributed by atoms with Gasteiger partial charge in [-0.3, -0.25) is 0 Å². The Morgan fingerprint density at radius 2 is 1.91 bits per heavy atom. The molecular weight excluding hydrogens is 457 g/mol. The van der Waals surface area contributed by atoms with E-state index in [1.165, 1.54) is 11.3 Å². The van der Waals surface area contributed by atoms with Gasteiger partial charge in [-0.2, -0.15) is 18.3 Å². The predicted octanol–water partition coefficient (Wildman–Crippen LogP) is 4.13. The SMILES string of the molecule is Cc1ccccc1-n1ncc(-c2nnc(Cc3csc(N4CCOCC4)n3)o2)c1C(F)(F)F. The first kappa shape index (κ1) is 21.6. The third-order valence-corrected chi connectivity index (χ3v) is 6.18. The molecule has 4 aromatic rings. The maximum Gasteiger partial charge on any atom is 0.434 e. The van der Waals surface area contributed by atoms with Gasteiger partial charge in [0.1, 0.15) is 0 Å². The van der Waals surface area contributed by atoms with Crippen LogP contribution in [0.25, 0.3) is 17.1 Å². The molecule has 0 radical (unpaired) electrons. The molecule has 1 aliphatic heterocycles. The minimum absolute atomic E-state index is 0.181. The number of alkyl halides is 3. The third kappa shape index (κ3) is 4.35. The van der Waals surface area contributed by atoms with Gasteiger partial charge in [-0.25, -0.2) is 9.67 Å². The molecule has 1 fully saturated rings. The van der Waals surface area contributed by atoms with Crippen LogP contribution in [-0.2, 0) is 17.3 Å². The summed E-state index contributed by atoms with van der Waals surface area (Å²) in [6.45, 7) is 4.56. The van der Waals surface area contributed by atoms with Gasteiger partial charge in [0.15, 0.2) is 10.8 Å². The van der Waals surface area contributed by atoms with E-state index in [9.17, 15) is 13.2 Å². The smallest absolute Gasteiger partial charge is 0.420 e. The van der Waals surface area contributed by atoms with Crippen molar-refractivity contribution in [1.29, 1.82) is 0 Å². The van der Waals surface area contributed by atoms with Crippen LogP contribution in [0.15, 0.2) is 40.3 Å². The molecule has 0 aliphatic carbocycles. The van der Waals surface area contributed by atoms with E-state index in [1.54, 1.807) is 31.2 Å². The van der Waals surface area contributed by atoms with E-state index >= 15 is 0 Å². The molecule has 0 spiro atoms. The Morgan fingerprint density at radius 1 is 1.12 bits per heavy atom. The Bertz CT molecular complexity index is 1260. The normalized spacial score (nSPS) is 14.7. The fourth-order valence-electron chi connectivity index (χ4n) is 3.63. The van der Waals surface area contributed by atoms with Gasteiger partial charge in [0.2, 0.25) is 5.89 Å². The summed E-state index contributed by atoms with van der Waals surface area (Å²) in [6, 6.07) is 6.72. The first-order chi connectivity index (χ1) is 15.9. The molecule has 1 aromatic carbocycles. The fraction of sp³-hybridized carbons (Fsp3) is 0.333. The number of hydrogen-bond acceptors (Lipinski definition) is 8. The van der Waals surface area contributed by atoms with E-state index in [1.807, 2.05) is 5.38 Å². The number of morpholine rings is 1. The molecule has 0 bridgehead atoms. The van der Waals surface area contributed by atoms with E-state index in [4.69, 9.17) is 9.15 Å². The molecule has 0 N–H and O–H groups in total. The molecule has 3 aromatic heterocycles. The number of nitrogens with zero attached hydrogens (tertiary/aromatic N) is 6. The molecule has 12 heteroatoms. The quantitative estimate of drug-likeness (QED) is 0.428. The standard InChI is InChI=1S/C21H19F3N6O2S/c1-13-4-2-3-5-16(13)30-18(21(22,23)24)15(11-25-30)19-28-27-17(32-19)10-14-12-33-20(26-14)29-6-8-31-9-7-29/h2-5,11-12H,6-10H2,1H3. The van der Waals surface area contributed by atoms with Crippen LogP contribution in [0.1, 0.15) is 22.8 Å². The van der Waals surface area contributed by atoms with Gasteiger partial charge in [0, 0.05) is 18.5 Å². The lowest BCUT2D eigenvalue weighted by Gasteiger charge is -2.25. The molecule has 0 amide bonds. The number of anilines is 1. The molecular formula is C21H19F3N6O2S. The summed E-state index contributed by atoms with van der Waals surface area (Å²) in [7, 11) is 0. The molecule has 1 aliphatic rings. The molecule has 0 saturated carbocycles. The third-order valence-electron chi connectivity index (χ3n) is 5.23. The summed E-state index contributed by atoms with van der Waals surface area (Å²) in [4.78, 5) is 6.72. The summed E-state index contributed by atoms with van der Waals surface area (Å²) >= 11 is 1.49. The van der Waals surface area contributed by atoms with Crippen molar-refractivity contribution < 1.29 is 22.3 Å². The molecule has 33 heavy (non-hydrogen) atoms. The van der Waals surface area contributed by atoms with Gasteiger partial charge in [-0.15, -0.1) is 21.5 Å². The van der Waals surface area contributed by atoms with Crippen molar-refractivity contribution in [3.8, 4) is 17.1 Å². The Balaban J connectivity index is 1.42. The molecule has 1 saturated heterocycles. The maximum atomic E-state index is 14.0. The van der Waals surface area contributed by atoms with Crippen molar-refractivity contribution in [2.45, 2.75) is 19.5 Å². The number of aryl methyl sites for hydroxylation is 1. The van der Waals surface area contributed by atoms with Crippen molar-refractivity contribution in [2.75, 3.05) is 31.2 Å². The number of hydrogen-bond donors (Lipinski definition) is 0. The Hall–Kier alpha value is -3.25. The summed E-state index contributed by atoms with van der Waals surface area (Å²) < 4.78 is 53.8. The van der Waals surface area contributed by atoms with E-state index in [-0.39, 0.29) is 23.8 Å². The van der Waals surface area contributed by atoms with Crippen molar-refractivity contribution in [1.82, 2.24) is 25.0 Å². The largest absolute Gasteiger partial charge is 0.434 e. The molecule has 8 nitrogen and oxygen atoms in total. The van der Waals surface area contributed by atoms with Crippen molar-refractivity contribution >= 4 is 16.5 Å².